The van der Waals surface area contributed by atoms with Crippen molar-refractivity contribution < 1.29 is 19.2 Å². The summed E-state index contributed by atoms with van der Waals surface area (Å²) < 4.78 is 11.5. The first-order valence-electron chi connectivity index (χ1n) is 10.2. The summed E-state index contributed by atoms with van der Waals surface area (Å²) in [4.78, 5) is 0. The summed E-state index contributed by atoms with van der Waals surface area (Å²) in [6, 6.07) is 13.8. The number of benzene rings is 1. The molecule has 2 N–H and O–H groups in total. The molecular formula is C24H29BO4. The monoisotopic (exact) mass is 392 g/mol. The van der Waals surface area contributed by atoms with Gasteiger partial charge in [0.1, 0.15) is 18.1 Å². The van der Waals surface area contributed by atoms with E-state index in [9.17, 15) is 10.1 Å². The van der Waals surface area contributed by atoms with Crippen LogP contribution in [0.2, 0.25) is 6.32 Å². The maximum atomic E-state index is 10.0. The Hall–Kier alpha value is -2.34. The molecule has 1 unspecified atom stereocenters. The Kier molecular flexibility index (Phi) is 7.31. The van der Waals surface area contributed by atoms with Gasteiger partial charge in [0.05, 0.1) is 6.10 Å². The van der Waals surface area contributed by atoms with Gasteiger partial charge >= 0.3 is 7.12 Å². The number of furan rings is 1. The van der Waals surface area contributed by atoms with Crippen molar-refractivity contribution in [2.45, 2.75) is 45.7 Å². The highest BCUT2D eigenvalue weighted by Gasteiger charge is 2.29. The Bertz CT molecular complexity index is 879. The van der Waals surface area contributed by atoms with Crippen LogP contribution in [-0.2, 0) is 11.3 Å². The third kappa shape index (κ3) is 5.60. The minimum absolute atomic E-state index is 0.117. The predicted octanol–water partition coefficient (Wildman–Crippen LogP) is 5.11. The van der Waals surface area contributed by atoms with Crippen molar-refractivity contribution in [1.29, 1.82) is 0 Å². The van der Waals surface area contributed by atoms with E-state index in [4.69, 9.17) is 9.07 Å². The van der Waals surface area contributed by atoms with Crippen molar-refractivity contribution in [3.05, 3.63) is 83.3 Å². The zero-order chi connectivity index (χ0) is 20.8. The molecule has 0 aliphatic carbocycles. The molecule has 2 heterocycles. The molecule has 152 valence electrons. The number of hydrogen-bond donors (Lipinski definition) is 2. The molecule has 2 aromatic rings. The first-order valence-corrected chi connectivity index (χ1v) is 10.2. The molecule has 1 atom stereocenters. The summed E-state index contributed by atoms with van der Waals surface area (Å²) in [5.74, 6) is 1.58. The fourth-order valence-corrected chi connectivity index (χ4v) is 3.54. The molecule has 0 spiro atoms. The van der Waals surface area contributed by atoms with Crippen LogP contribution in [0.1, 0.15) is 43.8 Å². The van der Waals surface area contributed by atoms with E-state index in [0.29, 0.717) is 23.8 Å². The fraction of sp³-hybridized carbons (Fsp3) is 0.333. The number of aliphatic hydroxyl groups excluding tert-OH is 1. The first-order chi connectivity index (χ1) is 14.0. The highest BCUT2D eigenvalue weighted by molar-refractivity contribution is 6.43. The van der Waals surface area contributed by atoms with E-state index in [1.165, 1.54) is 0 Å². The van der Waals surface area contributed by atoms with Gasteiger partial charge in [0, 0.05) is 6.32 Å². The summed E-state index contributed by atoms with van der Waals surface area (Å²) in [7, 11) is -0.773. The van der Waals surface area contributed by atoms with Gasteiger partial charge < -0.3 is 19.2 Å². The van der Waals surface area contributed by atoms with E-state index in [1.807, 2.05) is 30.3 Å². The Balaban J connectivity index is 1.83. The molecule has 1 aliphatic rings. The van der Waals surface area contributed by atoms with E-state index >= 15 is 0 Å². The maximum Gasteiger partial charge on any atom is 0.458 e. The van der Waals surface area contributed by atoms with Gasteiger partial charge in [0.25, 0.3) is 0 Å². The smallest absolute Gasteiger partial charge is 0.458 e. The van der Waals surface area contributed by atoms with Gasteiger partial charge in [-0.3, -0.25) is 0 Å². The predicted molar refractivity (Wildman–Crippen MR) is 118 cm³/mol. The molecule has 29 heavy (non-hydrogen) atoms. The van der Waals surface area contributed by atoms with E-state index in [0.717, 1.165) is 35.1 Å². The van der Waals surface area contributed by atoms with Crippen molar-refractivity contribution in [3.8, 4) is 0 Å². The van der Waals surface area contributed by atoms with E-state index in [1.54, 1.807) is 6.07 Å². The summed E-state index contributed by atoms with van der Waals surface area (Å²) in [6.45, 7) is 8.36. The van der Waals surface area contributed by atoms with Gasteiger partial charge in [-0.15, -0.1) is 0 Å². The van der Waals surface area contributed by atoms with Crippen LogP contribution in [0.15, 0.2) is 70.7 Å². The Labute approximate surface area is 173 Å². The highest BCUT2D eigenvalue weighted by Crippen LogP contribution is 2.32. The van der Waals surface area contributed by atoms with Crippen LogP contribution < -0.4 is 0 Å². The van der Waals surface area contributed by atoms with Gasteiger partial charge in [-0.2, -0.15) is 0 Å². The summed E-state index contributed by atoms with van der Waals surface area (Å²) in [6.07, 6.45) is 5.85. The average Bonchev–Trinajstić information content (AvgIpc) is 3.19. The van der Waals surface area contributed by atoms with Crippen molar-refractivity contribution >= 4 is 18.8 Å². The lowest BCUT2D eigenvalue weighted by atomic mass is 9.76. The maximum absolute atomic E-state index is 10.0. The average molecular weight is 392 g/mol. The Morgan fingerprint density at radius 2 is 2.00 bits per heavy atom. The van der Waals surface area contributed by atoms with Gasteiger partial charge in [-0.25, -0.2) is 0 Å². The van der Waals surface area contributed by atoms with Gasteiger partial charge in [-0.1, -0.05) is 56.8 Å². The van der Waals surface area contributed by atoms with Gasteiger partial charge in [0.15, 0.2) is 0 Å². The number of hydrogen-bond acceptors (Lipinski definition) is 4. The Morgan fingerprint density at radius 1 is 1.24 bits per heavy atom. The van der Waals surface area contributed by atoms with Crippen LogP contribution in [-0.4, -0.2) is 23.4 Å². The molecule has 1 aromatic carbocycles. The van der Waals surface area contributed by atoms with Crippen molar-refractivity contribution in [2.24, 2.45) is 5.92 Å². The molecule has 3 rings (SSSR count). The molecule has 5 heteroatoms. The number of allylic oxidation sites excluding steroid dienone is 2. The van der Waals surface area contributed by atoms with Crippen LogP contribution in [0.25, 0.3) is 11.6 Å². The molecule has 4 nitrogen and oxygen atoms in total. The standard InChI is InChI=1S/C24H29BO4/c1-17(2)18(3)23-13-14-25(27)29-24(23)12-9-20(19-7-5-4-6-8-19)15-21-10-11-22(16-26)28-21/h4-8,10-11,13,15,17,24,26-27H,3,9,12,14,16H2,1-2H3/b20-15-. The van der Waals surface area contributed by atoms with Crippen LogP contribution >= 0.6 is 0 Å². The molecule has 1 aromatic heterocycles. The molecule has 0 fully saturated rings. The minimum Gasteiger partial charge on any atom is -0.459 e. The van der Waals surface area contributed by atoms with Crippen molar-refractivity contribution in [3.63, 3.8) is 0 Å². The normalized spacial score (nSPS) is 17.6. The number of rotatable bonds is 8. The van der Waals surface area contributed by atoms with Crippen molar-refractivity contribution in [1.82, 2.24) is 0 Å². The molecule has 1 aliphatic heterocycles. The summed E-state index contributed by atoms with van der Waals surface area (Å²) in [5, 5.41) is 19.3. The molecule has 0 radical (unpaired) electrons. The second-order valence-electron chi connectivity index (χ2n) is 7.69. The molecule has 0 amide bonds. The van der Waals surface area contributed by atoms with Crippen LogP contribution in [0.5, 0.6) is 0 Å². The second kappa shape index (κ2) is 9.92. The number of aliphatic hydroxyl groups is 1. The lowest BCUT2D eigenvalue weighted by molar-refractivity contribution is 0.183. The molecule has 0 saturated heterocycles. The van der Waals surface area contributed by atoms with E-state index < -0.39 is 7.12 Å². The topological polar surface area (TPSA) is 62.8 Å². The van der Waals surface area contributed by atoms with Gasteiger partial charge in [0.2, 0.25) is 0 Å². The Morgan fingerprint density at radius 3 is 2.66 bits per heavy atom. The van der Waals surface area contributed by atoms with Crippen molar-refractivity contribution in [2.75, 3.05) is 0 Å². The summed E-state index contributed by atoms with van der Waals surface area (Å²) >= 11 is 0. The van der Waals surface area contributed by atoms with Crippen LogP contribution in [0.3, 0.4) is 0 Å². The zero-order valence-electron chi connectivity index (χ0n) is 17.2. The zero-order valence-corrected chi connectivity index (χ0v) is 17.2. The SMILES string of the molecule is C=C(C1=CCB(O)OC1CC/C(=C/c1ccc(CO)o1)c1ccccc1)C(C)C. The largest absolute Gasteiger partial charge is 0.459 e. The molecular weight excluding hydrogens is 363 g/mol. The molecule has 0 bridgehead atoms. The third-order valence-corrected chi connectivity index (χ3v) is 5.25. The first kappa shape index (κ1) is 21.4. The van der Waals surface area contributed by atoms with Crippen LogP contribution in [0.4, 0.5) is 0 Å². The lowest BCUT2D eigenvalue weighted by Gasteiger charge is -2.29. The summed E-state index contributed by atoms with van der Waals surface area (Å²) in [5.41, 5.74) is 4.38. The third-order valence-electron chi connectivity index (χ3n) is 5.25. The minimum atomic E-state index is -0.773. The van der Waals surface area contributed by atoms with Crippen LogP contribution in [0, 0.1) is 5.92 Å². The quantitative estimate of drug-likeness (QED) is 0.613. The van der Waals surface area contributed by atoms with E-state index in [2.05, 4.69) is 38.6 Å². The van der Waals surface area contributed by atoms with E-state index in [-0.39, 0.29) is 12.7 Å². The molecule has 0 saturated carbocycles. The highest BCUT2D eigenvalue weighted by atomic mass is 16.5. The van der Waals surface area contributed by atoms with Gasteiger partial charge in [-0.05, 0) is 59.3 Å². The fourth-order valence-electron chi connectivity index (χ4n) is 3.54. The lowest BCUT2D eigenvalue weighted by Crippen LogP contribution is -2.32. The second-order valence-corrected chi connectivity index (χ2v) is 7.69.